The highest BCUT2D eigenvalue weighted by atomic mass is 16.5. The largest absolute Gasteiger partial charge is 0.490 e. The Morgan fingerprint density at radius 3 is 2.05 bits per heavy atom. The molecule has 6 rings (SSSR count). The number of carbonyl (C=O) groups is 1. The molecular formula is C39H44N2O2. The van der Waals surface area contributed by atoms with Crippen molar-refractivity contribution in [3.8, 4) is 5.75 Å². The van der Waals surface area contributed by atoms with Crippen molar-refractivity contribution in [1.82, 2.24) is 9.80 Å². The summed E-state index contributed by atoms with van der Waals surface area (Å²) < 4.78 is 6.46. The van der Waals surface area contributed by atoms with E-state index in [0.717, 1.165) is 76.3 Å². The molecule has 0 saturated carbocycles. The number of ether oxygens (including phenoxy) is 1. The Hall–Kier alpha value is -3.73. The predicted octanol–water partition coefficient (Wildman–Crippen LogP) is 7.85. The van der Waals surface area contributed by atoms with Crippen LogP contribution in [0.4, 0.5) is 0 Å². The van der Waals surface area contributed by atoms with Gasteiger partial charge in [0.05, 0.1) is 0 Å². The van der Waals surface area contributed by atoms with Crippen molar-refractivity contribution in [2.45, 2.75) is 50.7 Å². The maximum absolute atomic E-state index is 13.3. The number of nitrogens with zero attached hydrogens (tertiary/aromatic N) is 2. The van der Waals surface area contributed by atoms with Gasteiger partial charge in [-0.3, -0.25) is 9.69 Å². The van der Waals surface area contributed by atoms with Crippen molar-refractivity contribution in [2.75, 3.05) is 32.7 Å². The summed E-state index contributed by atoms with van der Waals surface area (Å²) in [6.07, 6.45) is 5.06. The summed E-state index contributed by atoms with van der Waals surface area (Å²) in [6, 6.07) is 40.3. The number of carbonyl (C=O) groups excluding carboxylic acids is 1. The van der Waals surface area contributed by atoms with Gasteiger partial charge in [-0.2, -0.15) is 0 Å². The first-order valence-corrected chi connectivity index (χ1v) is 16.1. The Labute approximate surface area is 257 Å². The third-order valence-corrected chi connectivity index (χ3v) is 9.16. The Bertz CT molecular complexity index is 1380. The number of rotatable bonds is 11. The van der Waals surface area contributed by atoms with Gasteiger partial charge in [0, 0.05) is 50.6 Å². The Balaban J connectivity index is 1.00. The number of hydrogen-bond acceptors (Lipinski definition) is 4. The van der Waals surface area contributed by atoms with Gasteiger partial charge in [0.1, 0.15) is 11.9 Å². The van der Waals surface area contributed by atoms with E-state index < -0.39 is 0 Å². The summed E-state index contributed by atoms with van der Waals surface area (Å²) in [5.74, 6) is 1.83. The van der Waals surface area contributed by atoms with Crippen LogP contribution in [-0.2, 0) is 6.54 Å². The van der Waals surface area contributed by atoms with Gasteiger partial charge in [-0.25, -0.2) is 0 Å². The van der Waals surface area contributed by atoms with Crippen LogP contribution in [0.2, 0.25) is 0 Å². The number of benzene rings is 4. The molecule has 0 N–H and O–H groups in total. The SMILES string of the molecule is O=C(CC1CCCN(Cc2ccccc2)C1)c1cccc(OC2CCN(CC(c3ccccc3)c3ccccc3)CC2)c1. The van der Waals surface area contributed by atoms with Gasteiger partial charge in [-0.05, 0) is 67.0 Å². The smallest absolute Gasteiger partial charge is 0.163 e. The van der Waals surface area contributed by atoms with Gasteiger partial charge in [0.25, 0.3) is 0 Å². The highest BCUT2D eigenvalue weighted by Crippen LogP contribution is 2.29. The quantitative estimate of drug-likeness (QED) is 0.171. The number of ketones is 1. The second kappa shape index (κ2) is 14.6. The molecule has 2 saturated heterocycles. The lowest BCUT2D eigenvalue weighted by Gasteiger charge is -2.34. The number of likely N-dealkylation sites (tertiary alicyclic amines) is 2. The van der Waals surface area contributed by atoms with E-state index in [1.165, 1.54) is 16.7 Å². The van der Waals surface area contributed by atoms with E-state index in [-0.39, 0.29) is 11.9 Å². The van der Waals surface area contributed by atoms with Crippen LogP contribution in [0.5, 0.6) is 5.75 Å². The molecule has 4 aromatic rings. The van der Waals surface area contributed by atoms with Crippen LogP contribution in [0.3, 0.4) is 0 Å². The fourth-order valence-electron chi connectivity index (χ4n) is 6.86. The summed E-state index contributed by atoms with van der Waals surface area (Å²) in [4.78, 5) is 18.4. The molecule has 43 heavy (non-hydrogen) atoms. The molecule has 2 fully saturated rings. The van der Waals surface area contributed by atoms with Crippen LogP contribution in [-0.4, -0.2) is 54.4 Å². The normalized spacial score (nSPS) is 18.5. The second-order valence-electron chi connectivity index (χ2n) is 12.4. The summed E-state index contributed by atoms with van der Waals surface area (Å²) >= 11 is 0. The van der Waals surface area contributed by atoms with Crippen LogP contribution in [0.25, 0.3) is 0 Å². The lowest BCUT2D eigenvalue weighted by Crippen LogP contribution is -2.40. The zero-order chi connectivity index (χ0) is 29.3. The van der Waals surface area contributed by atoms with Gasteiger partial charge in [-0.1, -0.05) is 103 Å². The van der Waals surface area contributed by atoms with E-state index >= 15 is 0 Å². The Kier molecular flexibility index (Phi) is 9.99. The molecule has 0 radical (unpaired) electrons. The van der Waals surface area contributed by atoms with Crippen molar-refractivity contribution >= 4 is 5.78 Å². The topological polar surface area (TPSA) is 32.8 Å². The number of piperidine rings is 2. The minimum Gasteiger partial charge on any atom is -0.490 e. The second-order valence-corrected chi connectivity index (χ2v) is 12.4. The number of Topliss-reactive ketones (excluding diaryl/α,β-unsaturated/α-hetero) is 1. The molecule has 222 valence electrons. The zero-order valence-electron chi connectivity index (χ0n) is 25.2. The third-order valence-electron chi connectivity index (χ3n) is 9.16. The van der Waals surface area contributed by atoms with Crippen LogP contribution < -0.4 is 4.74 Å². The summed E-state index contributed by atoms with van der Waals surface area (Å²) in [5.41, 5.74) is 4.86. The molecule has 4 aromatic carbocycles. The van der Waals surface area contributed by atoms with Crippen molar-refractivity contribution in [3.05, 3.63) is 138 Å². The van der Waals surface area contributed by atoms with Crippen LogP contribution >= 0.6 is 0 Å². The molecule has 2 heterocycles. The van der Waals surface area contributed by atoms with Gasteiger partial charge in [0.2, 0.25) is 0 Å². The Morgan fingerprint density at radius 2 is 1.37 bits per heavy atom. The van der Waals surface area contributed by atoms with Crippen LogP contribution in [0.1, 0.15) is 65.1 Å². The summed E-state index contributed by atoms with van der Waals surface area (Å²) in [6.45, 7) is 6.11. The first-order chi connectivity index (χ1) is 21.2. The third kappa shape index (κ3) is 8.22. The van der Waals surface area contributed by atoms with E-state index in [0.29, 0.717) is 18.3 Å². The van der Waals surface area contributed by atoms with E-state index in [1.54, 1.807) is 0 Å². The molecular weight excluding hydrogens is 528 g/mol. The van der Waals surface area contributed by atoms with Gasteiger partial charge in [0.15, 0.2) is 5.78 Å². The molecule has 0 amide bonds. The molecule has 4 nitrogen and oxygen atoms in total. The van der Waals surface area contributed by atoms with Gasteiger partial charge in [-0.15, -0.1) is 0 Å². The van der Waals surface area contributed by atoms with Crippen LogP contribution in [0.15, 0.2) is 115 Å². The molecule has 1 unspecified atom stereocenters. The molecule has 2 aliphatic rings. The highest BCUT2D eigenvalue weighted by Gasteiger charge is 2.26. The molecule has 0 spiro atoms. The first-order valence-electron chi connectivity index (χ1n) is 16.1. The summed E-state index contributed by atoms with van der Waals surface area (Å²) in [5, 5.41) is 0. The average Bonchev–Trinajstić information content (AvgIpc) is 3.06. The highest BCUT2D eigenvalue weighted by molar-refractivity contribution is 5.96. The van der Waals surface area contributed by atoms with Crippen molar-refractivity contribution in [1.29, 1.82) is 0 Å². The molecule has 2 aliphatic heterocycles. The minimum absolute atomic E-state index is 0.179. The number of hydrogen-bond donors (Lipinski definition) is 0. The van der Waals surface area contributed by atoms with E-state index in [4.69, 9.17) is 4.74 Å². The molecule has 0 aromatic heterocycles. The standard InChI is InChI=1S/C39H44N2O2/c42-39(26-32-14-11-23-41(29-32)28-31-12-4-1-5-13-31)35-19-10-20-37(27-35)43-36-21-24-40(25-22-36)30-38(33-15-6-2-7-16-33)34-17-8-3-9-18-34/h1-10,12-13,15-20,27,32,36,38H,11,14,21-26,28-30H2. The van der Waals surface area contributed by atoms with Crippen molar-refractivity contribution in [3.63, 3.8) is 0 Å². The Morgan fingerprint density at radius 1 is 0.721 bits per heavy atom. The lowest BCUT2D eigenvalue weighted by molar-refractivity contribution is 0.0906. The maximum atomic E-state index is 13.3. The summed E-state index contributed by atoms with van der Waals surface area (Å²) in [7, 11) is 0. The van der Waals surface area contributed by atoms with Gasteiger partial charge < -0.3 is 9.64 Å². The molecule has 4 heteroatoms. The fourth-order valence-corrected chi connectivity index (χ4v) is 6.86. The molecule has 0 aliphatic carbocycles. The van der Waals surface area contributed by atoms with Gasteiger partial charge >= 0.3 is 0 Å². The molecule has 1 atom stereocenters. The lowest BCUT2D eigenvalue weighted by atomic mass is 9.90. The van der Waals surface area contributed by atoms with E-state index in [1.807, 2.05) is 24.3 Å². The molecule has 0 bridgehead atoms. The average molecular weight is 573 g/mol. The van der Waals surface area contributed by atoms with Crippen molar-refractivity contribution < 1.29 is 9.53 Å². The van der Waals surface area contributed by atoms with E-state index in [2.05, 4.69) is 101 Å². The predicted molar refractivity (Wildman–Crippen MR) is 175 cm³/mol. The minimum atomic E-state index is 0.179. The maximum Gasteiger partial charge on any atom is 0.163 e. The first kappa shape index (κ1) is 29.3. The monoisotopic (exact) mass is 572 g/mol. The fraction of sp³-hybridized carbons (Fsp3) is 0.359. The van der Waals surface area contributed by atoms with Crippen LogP contribution in [0, 0.1) is 5.92 Å². The van der Waals surface area contributed by atoms with E-state index in [9.17, 15) is 4.79 Å². The zero-order valence-corrected chi connectivity index (χ0v) is 25.2. The van der Waals surface area contributed by atoms with Crippen molar-refractivity contribution in [2.24, 2.45) is 5.92 Å².